The van der Waals surface area contributed by atoms with Gasteiger partial charge in [0.1, 0.15) is 5.75 Å². The van der Waals surface area contributed by atoms with Crippen LogP contribution in [-0.4, -0.2) is 14.9 Å². The van der Waals surface area contributed by atoms with Gasteiger partial charge in [-0.2, -0.15) is 14.0 Å². The van der Waals surface area contributed by atoms with Crippen LogP contribution in [0.2, 0.25) is 19.6 Å². The normalized spacial score (nSPS) is 13.1. The van der Waals surface area contributed by atoms with Crippen molar-refractivity contribution in [2.45, 2.75) is 38.8 Å². The molecule has 0 saturated heterocycles. The molecule has 0 saturated carbocycles. The number of nitrogens with zero attached hydrogens (tertiary/aromatic N) is 1. The van der Waals surface area contributed by atoms with Gasteiger partial charge in [0.25, 0.3) is 0 Å². The van der Waals surface area contributed by atoms with E-state index in [0.29, 0.717) is 5.56 Å². The first kappa shape index (κ1) is 15.6. The van der Waals surface area contributed by atoms with Crippen LogP contribution in [0.3, 0.4) is 0 Å². The molecule has 1 unspecified atom stereocenters. The third-order valence-electron chi connectivity index (χ3n) is 2.25. The van der Waals surface area contributed by atoms with Gasteiger partial charge in [0.15, 0.2) is 8.32 Å². The monoisotopic (exact) mass is 285 g/mol. The molecule has 0 radical (unpaired) electrons. The maximum Gasteiger partial charge on any atom is 0.387 e. The highest BCUT2D eigenvalue weighted by atomic mass is 28.4. The standard InChI is InChI=1S/C13H17F2NO2Si/c1-19(2,3)18-12(8-9-16)10-6-4-5-7-11(10)17-13(14)15/h4-7,12-13H,8H2,1-3H3. The summed E-state index contributed by atoms with van der Waals surface area (Å²) in [5.74, 6) is 0.0657. The predicted octanol–water partition coefficient (Wildman–Crippen LogP) is 4.09. The van der Waals surface area contributed by atoms with Crippen LogP contribution in [0.25, 0.3) is 0 Å². The number of ether oxygens (including phenoxy) is 1. The number of rotatable bonds is 6. The number of hydrogen-bond donors (Lipinski definition) is 0. The van der Waals surface area contributed by atoms with E-state index in [9.17, 15) is 8.78 Å². The van der Waals surface area contributed by atoms with Crippen LogP contribution in [-0.2, 0) is 4.43 Å². The SMILES string of the molecule is C[Si](C)(C)OC(CC#N)c1ccccc1OC(F)F. The van der Waals surface area contributed by atoms with Crippen molar-refractivity contribution in [1.82, 2.24) is 0 Å². The van der Waals surface area contributed by atoms with Gasteiger partial charge in [-0.1, -0.05) is 18.2 Å². The van der Waals surface area contributed by atoms with Gasteiger partial charge < -0.3 is 9.16 Å². The summed E-state index contributed by atoms with van der Waals surface area (Å²) >= 11 is 0. The van der Waals surface area contributed by atoms with Crippen molar-refractivity contribution in [1.29, 1.82) is 5.26 Å². The molecule has 0 spiro atoms. The zero-order valence-corrected chi connectivity index (χ0v) is 12.2. The first-order chi connectivity index (χ1) is 8.83. The molecule has 0 heterocycles. The zero-order chi connectivity index (χ0) is 14.5. The van der Waals surface area contributed by atoms with E-state index in [1.807, 2.05) is 25.7 Å². The smallest absolute Gasteiger partial charge is 0.387 e. The minimum Gasteiger partial charge on any atom is -0.434 e. The molecule has 1 rings (SSSR count). The summed E-state index contributed by atoms with van der Waals surface area (Å²) < 4.78 is 35.1. The highest BCUT2D eigenvalue weighted by Gasteiger charge is 2.25. The van der Waals surface area contributed by atoms with E-state index in [1.54, 1.807) is 18.2 Å². The Labute approximate surface area is 112 Å². The van der Waals surface area contributed by atoms with Gasteiger partial charge in [-0.05, 0) is 25.7 Å². The highest BCUT2D eigenvalue weighted by Crippen LogP contribution is 2.32. The fourth-order valence-corrected chi connectivity index (χ4v) is 2.74. The molecule has 0 fully saturated rings. The van der Waals surface area contributed by atoms with Crippen LogP contribution in [0, 0.1) is 11.3 Å². The maximum atomic E-state index is 12.4. The first-order valence-electron chi connectivity index (χ1n) is 5.92. The molecule has 0 bridgehead atoms. The lowest BCUT2D eigenvalue weighted by atomic mass is 10.1. The molecule has 1 aromatic carbocycles. The Kier molecular flexibility index (Phi) is 5.45. The molecule has 0 N–H and O–H groups in total. The van der Waals surface area contributed by atoms with Crippen molar-refractivity contribution in [2.24, 2.45) is 0 Å². The average Bonchev–Trinajstić information content (AvgIpc) is 2.26. The van der Waals surface area contributed by atoms with Crippen LogP contribution in [0.5, 0.6) is 5.75 Å². The van der Waals surface area contributed by atoms with E-state index in [1.165, 1.54) is 6.07 Å². The summed E-state index contributed by atoms with van der Waals surface area (Å²) in [6.45, 7) is 3.05. The lowest BCUT2D eigenvalue weighted by Crippen LogP contribution is -2.28. The number of para-hydroxylation sites is 1. The molecule has 104 valence electrons. The Morgan fingerprint density at radius 3 is 2.42 bits per heavy atom. The van der Waals surface area contributed by atoms with Crippen molar-refractivity contribution in [3.05, 3.63) is 29.8 Å². The average molecular weight is 285 g/mol. The molecule has 0 aliphatic carbocycles. The molecule has 19 heavy (non-hydrogen) atoms. The molecule has 0 aromatic heterocycles. The lowest BCUT2D eigenvalue weighted by molar-refractivity contribution is -0.0513. The fourth-order valence-electron chi connectivity index (χ4n) is 1.67. The summed E-state index contributed by atoms with van der Waals surface area (Å²) in [6.07, 6.45) is -0.430. The van der Waals surface area contributed by atoms with Gasteiger partial charge in [0, 0.05) is 5.56 Å². The highest BCUT2D eigenvalue weighted by molar-refractivity contribution is 6.69. The van der Waals surface area contributed by atoms with Crippen molar-refractivity contribution in [3.63, 3.8) is 0 Å². The topological polar surface area (TPSA) is 42.2 Å². The van der Waals surface area contributed by atoms with E-state index >= 15 is 0 Å². The van der Waals surface area contributed by atoms with Crippen molar-refractivity contribution < 1.29 is 17.9 Å². The molecule has 6 heteroatoms. The number of hydrogen-bond acceptors (Lipinski definition) is 3. The molecular formula is C13H17F2NO2Si. The van der Waals surface area contributed by atoms with E-state index in [4.69, 9.17) is 9.69 Å². The van der Waals surface area contributed by atoms with Gasteiger partial charge in [-0.15, -0.1) is 0 Å². The second-order valence-corrected chi connectivity index (χ2v) is 9.46. The first-order valence-corrected chi connectivity index (χ1v) is 9.33. The van der Waals surface area contributed by atoms with Crippen LogP contribution < -0.4 is 4.74 Å². The molecule has 1 aromatic rings. The predicted molar refractivity (Wildman–Crippen MR) is 70.5 cm³/mol. The Morgan fingerprint density at radius 1 is 1.26 bits per heavy atom. The van der Waals surface area contributed by atoms with Crippen molar-refractivity contribution in [3.8, 4) is 11.8 Å². The summed E-state index contributed by atoms with van der Waals surface area (Å²) in [5.41, 5.74) is 0.492. The minimum atomic E-state index is -2.89. The van der Waals surface area contributed by atoms with E-state index in [-0.39, 0.29) is 12.2 Å². The Balaban J connectivity index is 3.05. The van der Waals surface area contributed by atoms with Crippen LogP contribution in [0.1, 0.15) is 18.1 Å². The quantitative estimate of drug-likeness (QED) is 0.739. The van der Waals surface area contributed by atoms with Gasteiger partial charge in [-0.25, -0.2) is 0 Å². The molecule has 0 aliphatic heterocycles. The molecule has 0 amide bonds. The van der Waals surface area contributed by atoms with Crippen LogP contribution >= 0.6 is 0 Å². The van der Waals surface area contributed by atoms with E-state index < -0.39 is 21.0 Å². The molecule has 1 atom stereocenters. The Bertz CT molecular complexity index is 455. The van der Waals surface area contributed by atoms with Crippen molar-refractivity contribution in [2.75, 3.05) is 0 Å². The summed E-state index contributed by atoms with van der Waals surface area (Å²) in [5, 5.41) is 8.86. The summed E-state index contributed by atoms with van der Waals surface area (Å²) in [4.78, 5) is 0. The van der Waals surface area contributed by atoms with Gasteiger partial charge in [-0.3, -0.25) is 0 Å². The van der Waals surface area contributed by atoms with Gasteiger partial charge in [0.05, 0.1) is 18.6 Å². The van der Waals surface area contributed by atoms with Crippen molar-refractivity contribution >= 4 is 8.32 Å². The lowest BCUT2D eigenvalue weighted by Gasteiger charge is -2.26. The Morgan fingerprint density at radius 2 is 1.89 bits per heavy atom. The fraction of sp³-hybridized carbons (Fsp3) is 0.462. The molecular weight excluding hydrogens is 268 g/mol. The number of nitriles is 1. The van der Waals surface area contributed by atoms with E-state index in [2.05, 4.69) is 4.74 Å². The summed E-state index contributed by atoms with van der Waals surface area (Å²) in [7, 11) is -1.90. The number of alkyl halides is 2. The largest absolute Gasteiger partial charge is 0.434 e. The number of halogens is 2. The second kappa shape index (κ2) is 6.64. The maximum absolute atomic E-state index is 12.4. The van der Waals surface area contributed by atoms with Crippen LogP contribution in [0.15, 0.2) is 24.3 Å². The third-order valence-corrected chi connectivity index (χ3v) is 3.25. The summed E-state index contributed by atoms with van der Waals surface area (Å²) in [6, 6.07) is 8.46. The molecule has 3 nitrogen and oxygen atoms in total. The minimum absolute atomic E-state index is 0.0657. The van der Waals surface area contributed by atoms with Crippen LogP contribution in [0.4, 0.5) is 8.78 Å². The zero-order valence-electron chi connectivity index (χ0n) is 11.2. The third kappa shape index (κ3) is 5.37. The Hall–Kier alpha value is -1.45. The molecule has 0 aliphatic rings. The second-order valence-electron chi connectivity index (χ2n) is 5.00. The van der Waals surface area contributed by atoms with Gasteiger partial charge >= 0.3 is 6.61 Å². The number of benzene rings is 1. The van der Waals surface area contributed by atoms with E-state index in [0.717, 1.165) is 0 Å². The van der Waals surface area contributed by atoms with Gasteiger partial charge in [0.2, 0.25) is 0 Å².